The van der Waals surface area contributed by atoms with Gasteiger partial charge in [0.1, 0.15) is 11.9 Å². The van der Waals surface area contributed by atoms with Gasteiger partial charge in [-0.3, -0.25) is 9.89 Å². The highest BCUT2D eigenvalue weighted by Gasteiger charge is 2.31. The molecule has 0 spiro atoms. The molecule has 1 amide bonds. The van der Waals surface area contributed by atoms with Gasteiger partial charge in [0.2, 0.25) is 0 Å². The van der Waals surface area contributed by atoms with E-state index >= 15 is 0 Å². The van der Waals surface area contributed by atoms with Crippen LogP contribution in [0.15, 0.2) is 24.3 Å². The van der Waals surface area contributed by atoms with Gasteiger partial charge in [-0.05, 0) is 49.9 Å². The van der Waals surface area contributed by atoms with Crippen molar-refractivity contribution >= 4 is 5.91 Å². The van der Waals surface area contributed by atoms with Gasteiger partial charge >= 0.3 is 0 Å². The number of nitrogens with zero attached hydrogens (tertiary/aromatic N) is 2. The zero-order valence-corrected chi connectivity index (χ0v) is 14.3. The van der Waals surface area contributed by atoms with E-state index in [-0.39, 0.29) is 18.1 Å². The molecule has 2 aromatic rings. The number of aryl methyl sites for hydroxylation is 1. The van der Waals surface area contributed by atoms with Crippen LogP contribution in [0.4, 0.5) is 0 Å². The smallest absolute Gasteiger partial charge is 0.272 e. The van der Waals surface area contributed by atoms with Crippen LogP contribution in [0.2, 0.25) is 0 Å². The number of hydrogen-bond donors (Lipinski definition) is 2. The highest BCUT2D eigenvalue weighted by molar-refractivity contribution is 5.94. The van der Waals surface area contributed by atoms with Gasteiger partial charge in [0.25, 0.3) is 5.91 Å². The Morgan fingerprint density at radius 1 is 1.35 bits per heavy atom. The van der Waals surface area contributed by atoms with Crippen molar-refractivity contribution in [2.75, 3.05) is 13.2 Å². The van der Waals surface area contributed by atoms with Crippen molar-refractivity contribution in [3.63, 3.8) is 0 Å². The molecule has 7 nitrogen and oxygen atoms in total. The Hall–Kier alpha value is -2.85. The summed E-state index contributed by atoms with van der Waals surface area (Å²) in [5.74, 6) is 0.490. The van der Waals surface area contributed by atoms with E-state index in [9.17, 15) is 4.79 Å². The molecular weight excluding hydrogens is 332 g/mol. The second-order valence-corrected chi connectivity index (χ2v) is 6.62. The normalized spacial score (nSPS) is 21.7. The number of carbonyl (C=O) groups excluding carboxylic acids is 1. The van der Waals surface area contributed by atoms with Crippen molar-refractivity contribution in [1.29, 1.82) is 5.26 Å². The third-order valence-corrected chi connectivity index (χ3v) is 4.91. The molecule has 2 N–H and O–H groups in total. The van der Waals surface area contributed by atoms with Crippen molar-refractivity contribution in [3.8, 4) is 11.8 Å². The first-order valence-electron chi connectivity index (χ1n) is 8.86. The van der Waals surface area contributed by atoms with Gasteiger partial charge in [0.05, 0.1) is 24.3 Å². The molecule has 0 saturated carbocycles. The van der Waals surface area contributed by atoms with Crippen molar-refractivity contribution in [3.05, 3.63) is 46.8 Å². The summed E-state index contributed by atoms with van der Waals surface area (Å²) in [5.41, 5.74) is 3.20. The second-order valence-electron chi connectivity index (χ2n) is 6.62. The van der Waals surface area contributed by atoms with E-state index in [4.69, 9.17) is 14.7 Å². The lowest BCUT2D eigenvalue weighted by molar-refractivity contribution is -0.0135. The summed E-state index contributed by atoms with van der Waals surface area (Å²) < 4.78 is 11.5. The lowest BCUT2D eigenvalue weighted by Crippen LogP contribution is -2.51. The molecule has 0 radical (unpaired) electrons. The highest BCUT2D eigenvalue weighted by atomic mass is 16.5. The SMILES string of the molecule is N#Cc1ccc(OC2COCCC2NC(=O)c2n[nH]c3c2CCC3)cc1. The molecule has 0 bridgehead atoms. The molecule has 1 aromatic heterocycles. The average Bonchev–Trinajstić information content (AvgIpc) is 3.27. The number of benzene rings is 1. The van der Waals surface area contributed by atoms with E-state index in [0.29, 0.717) is 36.6 Å². The number of fused-ring (bicyclic) bond motifs is 1. The minimum absolute atomic E-state index is 0.152. The van der Waals surface area contributed by atoms with Crippen LogP contribution in [0.1, 0.15) is 40.2 Å². The fraction of sp³-hybridized carbons (Fsp3) is 0.421. The predicted molar refractivity (Wildman–Crippen MR) is 92.9 cm³/mol. The zero-order valence-electron chi connectivity index (χ0n) is 14.3. The quantitative estimate of drug-likeness (QED) is 0.873. The zero-order chi connectivity index (χ0) is 17.9. The van der Waals surface area contributed by atoms with Crippen LogP contribution in [0.3, 0.4) is 0 Å². The minimum Gasteiger partial charge on any atom is -0.486 e. The van der Waals surface area contributed by atoms with Gasteiger partial charge < -0.3 is 14.8 Å². The third-order valence-electron chi connectivity index (χ3n) is 4.91. The summed E-state index contributed by atoms with van der Waals surface area (Å²) in [6.45, 7) is 0.987. The molecule has 1 fully saturated rings. The van der Waals surface area contributed by atoms with Crippen molar-refractivity contribution < 1.29 is 14.3 Å². The second kappa shape index (κ2) is 7.18. The molecule has 26 heavy (non-hydrogen) atoms. The number of H-pyrrole nitrogens is 1. The van der Waals surface area contributed by atoms with E-state index in [1.54, 1.807) is 24.3 Å². The Bertz CT molecular complexity index is 837. The van der Waals surface area contributed by atoms with Crippen molar-refractivity contribution in [2.45, 2.75) is 37.8 Å². The maximum atomic E-state index is 12.7. The fourth-order valence-corrected chi connectivity index (χ4v) is 3.52. The molecule has 2 heterocycles. The number of rotatable bonds is 4. The van der Waals surface area contributed by atoms with E-state index in [1.165, 1.54) is 0 Å². The minimum atomic E-state index is -0.285. The van der Waals surface area contributed by atoms with Crippen molar-refractivity contribution in [2.24, 2.45) is 0 Å². The number of nitrogens with one attached hydrogen (secondary N) is 2. The Labute approximate surface area is 151 Å². The van der Waals surface area contributed by atoms with Gasteiger partial charge in [-0.25, -0.2) is 0 Å². The standard InChI is InChI=1S/C19H20N4O3/c20-10-12-4-6-13(7-5-12)26-17-11-25-9-8-16(17)21-19(24)18-14-2-1-3-15(14)22-23-18/h4-7,16-17H,1-3,8-9,11H2,(H,21,24)(H,22,23). The molecule has 2 aliphatic rings. The van der Waals surface area contributed by atoms with Crippen LogP contribution in [-0.2, 0) is 17.6 Å². The van der Waals surface area contributed by atoms with Crippen LogP contribution in [0.25, 0.3) is 0 Å². The Morgan fingerprint density at radius 2 is 2.19 bits per heavy atom. The molecule has 7 heteroatoms. The monoisotopic (exact) mass is 352 g/mol. The maximum absolute atomic E-state index is 12.7. The van der Waals surface area contributed by atoms with Gasteiger partial charge in [0, 0.05) is 17.9 Å². The summed E-state index contributed by atoms with van der Waals surface area (Å²) >= 11 is 0. The molecule has 1 aliphatic heterocycles. The van der Waals surface area contributed by atoms with Crippen LogP contribution < -0.4 is 10.1 Å². The molecule has 1 aromatic carbocycles. The topological polar surface area (TPSA) is 100 Å². The number of carbonyl (C=O) groups is 1. The largest absolute Gasteiger partial charge is 0.486 e. The Balaban J connectivity index is 1.45. The van der Waals surface area contributed by atoms with Gasteiger partial charge in [-0.2, -0.15) is 10.4 Å². The lowest BCUT2D eigenvalue weighted by Gasteiger charge is -2.32. The lowest BCUT2D eigenvalue weighted by atomic mass is 10.1. The fourth-order valence-electron chi connectivity index (χ4n) is 3.52. The predicted octanol–water partition coefficient (Wildman–Crippen LogP) is 1.74. The first kappa shape index (κ1) is 16.6. The summed E-state index contributed by atoms with van der Waals surface area (Å²) in [4.78, 5) is 12.7. The van der Waals surface area contributed by atoms with Crippen LogP contribution in [-0.4, -0.2) is 41.5 Å². The van der Waals surface area contributed by atoms with Crippen molar-refractivity contribution in [1.82, 2.24) is 15.5 Å². The molecule has 1 saturated heterocycles. The molecular formula is C19H20N4O3. The molecule has 134 valence electrons. The number of ether oxygens (including phenoxy) is 2. The average molecular weight is 352 g/mol. The van der Waals surface area contributed by atoms with E-state index in [1.807, 2.05) is 0 Å². The highest BCUT2D eigenvalue weighted by Crippen LogP contribution is 2.23. The first-order valence-corrected chi connectivity index (χ1v) is 8.86. The van der Waals surface area contributed by atoms with Crippen LogP contribution in [0, 0.1) is 11.3 Å². The van der Waals surface area contributed by atoms with Crippen LogP contribution in [0.5, 0.6) is 5.75 Å². The number of aromatic amines is 1. The summed E-state index contributed by atoms with van der Waals surface area (Å²) in [6, 6.07) is 8.86. The van der Waals surface area contributed by atoms with E-state index in [0.717, 1.165) is 30.5 Å². The van der Waals surface area contributed by atoms with Gasteiger partial charge in [-0.1, -0.05) is 0 Å². The van der Waals surface area contributed by atoms with E-state index in [2.05, 4.69) is 21.6 Å². The molecule has 4 rings (SSSR count). The van der Waals surface area contributed by atoms with Crippen LogP contribution >= 0.6 is 0 Å². The first-order chi connectivity index (χ1) is 12.7. The Morgan fingerprint density at radius 3 is 3.00 bits per heavy atom. The summed E-state index contributed by atoms with van der Waals surface area (Å²) in [7, 11) is 0. The van der Waals surface area contributed by atoms with E-state index < -0.39 is 0 Å². The summed E-state index contributed by atoms with van der Waals surface area (Å²) in [5, 5.41) is 19.1. The third kappa shape index (κ3) is 3.28. The van der Waals surface area contributed by atoms with Gasteiger partial charge in [0.15, 0.2) is 5.69 Å². The molecule has 2 unspecified atom stereocenters. The Kier molecular flexibility index (Phi) is 4.59. The van der Waals surface area contributed by atoms with Gasteiger partial charge in [-0.15, -0.1) is 0 Å². The summed E-state index contributed by atoms with van der Waals surface area (Å²) in [6.07, 6.45) is 3.31. The molecule has 2 atom stereocenters. The number of hydrogen-bond acceptors (Lipinski definition) is 5. The molecule has 1 aliphatic carbocycles. The maximum Gasteiger partial charge on any atom is 0.272 e. The number of aromatic nitrogens is 2. The number of amides is 1. The number of nitriles is 1.